The van der Waals surface area contributed by atoms with Crippen molar-refractivity contribution < 1.29 is 14.3 Å². The van der Waals surface area contributed by atoms with Crippen molar-refractivity contribution in [2.75, 3.05) is 19.0 Å². The lowest BCUT2D eigenvalue weighted by atomic mass is 10.2. The molecular weight excluding hydrogens is 326 g/mol. The van der Waals surface area contributed by atoms with Crippen LogP contribution in [-0.4, -0.2) is 29.6 Å². The van der Waals surface area contributed by atoms with Crippen molar-refractivity contribution in [1.29, 1.82) is 0 Å². The number of hydrogen-bond acceptors (Lipinski definition) is 6. The minimum atomic E-state index is -0.264. The first-order valence-corrected chi connectivity index (χ1v) is 8.17. The molecule has 0 bridgehead atoms. The molecule has 7 heteroatoms. The van der Waals surface area contributed by atoms with Crippen LogP contribution >= 0.6 is 11.3 Å². The van der Waals surface area contributed by atoms with E-state index in [1.807, 2.05) is 19.9 Å². The van der Waals surface area contributed by atoms with Crippen molar-refractivity contribution in [3.63, 3.8) is 0 Å². The van der Waals surface area contributed by atoms with Crippen molar-refractivity contribution in [2.45, 2.75) is 13.8 Å². The molecule has 3 aromatic rings. The minimum Gasteiger partial charge on any atom is -0.497 e. The number of rotatable bonds is 5. The quantitative estimate of drug-likeness (QED) is 0.769. The van der Waals surface area contributed by atoms with Gasteiger partial charge in [-0.1, -0.05) is 6.07 Å². The normalized spacial score (nSPS) is 10.6. The van der Waals surface area contributed by atoms with E-state index in [1.165, 1.54) is 6.33 Å². The molecule has 6 nitrogen and oxygen atoms in total. The van der Waals surface area contributed by atoms with Gasteiger partial charge in [-0.2, -0.15) is 0 Å². The molecular formula is C17H17N3O3S. The van der Waals surface area contributed by atoms with E-state index < -0.39 is 0 Å². The van der Waals surface area contributed by atoms with Crippen LogP contribution in [0.15, 0.2) is 30.6 Å². The number of aryl methyl sites for hydroxylation is 2. The summed E-state index contributed by atoms with van der Waals surface area (Å²) in [5, 5.41) is 3.64. The maximum Gasteiger partial charge on any atom is 0.262 e. The van der Waals surface area contributed by atoms with Crippen LogP contribution in [0.1, 0.15) is 10.4 Å². The first-order chi connectivity index (χ1) is 11.6. The van der Waals surface area contributed by atoms with Gasteiger partial charge in [0, 0.05) is 16.6 Å². The number of thiophene rings is 1. The third-order valence-corrected chi connectivity index (χ3v) is 4.74. The number of carbonyl (C=O) groups excluding carboxylic acids is 1. The molecule has 2 aromatic heterocycles. The highest BCUT2D eigenvalue weighted by molar-refractivity contribution is 7.18. The molecule has 1 N–H and O–H groups in total. The Hall–Kier alpha value is -2.67. The molecule has 0 radical (unpaired) electrons. The SMILES string of the molecule is COc1cccc(NC(=O)COc2ncnc3sc(C)c(C)c23)c1. The fraction of sp³-hybridized carbons (Fsp3) is 0.235. The maximum atomic E-state index is 12.1. The highest BCUT2D eigenvalue weighted by atomic mass is 32.1. The van der Waals surface area contributed by atoms with Gasteiger partial charge in [0.1, 0.15) is 16.9 Å². The minimum absolute atomic E-state index is 0.127. The lowest BCUT2D eigenvalue weighted by molar-refractivity contribution is -0.118. The highest BCUT2D eigenvalue weighted by Gasteiger charge is 2.14. The zero-order valence-electron chi connectivity index (χ0n) is 13.6. The Morgan fingerprint density at radius 3 is 2.92 bits per heavy atom. The summed E-state index contributed by atoms with van der Waals surface area (Å²) in [5.74, 6) is 0.845. The Morgan fingerprint density at radius 1 is 1.29 bits per heavy atom. The third-order valence-electron chi connectivity index (χ3n) is 3.62. The van der Waals surface area contributed by atoms with Crippen molar-refractivity contribution in [1.82, 2.24) is 9.97 Å². The average molecular weight is 343 g/mol. The van der Waals surface area contributed by atoms with E-state index in [9.17, 15) is 4.79 Å². The summed E-state index contributed by atoms with van der Waals surface area (Å²) >= 11 is 1.59. The molecule has 24 heavy (non-hydrogen) atoms. The Kier molecular flexibility index (Phi) is 4.61. The van der Waals surface area contributed by atoms with Gasteiger partial charge in [-0.3, -0.25) is 4.79 Å². The van der Waals surface area contributed by atoms with Gasteiger partial charge in [0.15, 0.2) is 6.61 Å². The Labute approximate surface area is 143 Å². The first-order valence-electron chi connectivity index (χ1n) is 7.36. The van der Waals surface area contributed by atoms with Crippen molar-refractivity contribution in [2.24, 2.45) is 0 Å². The van der Waals surface area contributed by atoms with E-state index >= 15 is 0 Å². The number of fused-ring (bicyclic) bond motifs is 1. The molecule has 0 fully saturated rings. The van der Waals surface area contributed by atoms with Crippen LogP contribution in [0.25, 0.3) is 10.2 Å². The van der Waals surface area contributed by atoms with E-state index in [0.717, 1.165) is 20.7 Å². The van der Waals surface area contributed by atoms with E-state index in [1.54, 1.807) is 36.6 Å². The summed E-state index contributed by atoms with van der Waals surface area (Å²) in [6.07, 6.45) is 1.45. The Bertz CT molecular complexity index is 892. The van der Waals surface area contributed by atoms with Crippen molar-refractivity contribution in [3.8, 4) is 11.6 Å². The van der Waals surface area contributed by atoms with Crippen LogP contribution in [0.2, 0.25) is 0 Å². The van der Waals surface area contributed by atoms with E-state index in [-0.39, 0.29) is 12.5 Å². The number of benzene rings is 1. The standard InChI is InChI=1S/C17H17N3O3S/c1-10-11(2)24-17-15(10)16(18-9-19-17)23-8-14(21)20-12-5-4-6-13(7-12)22-3/h4-7,9H,8H2,1-3H3,(H,20,21). The predicted octanol–water partition coefficient (Wildman–Crippen LogP) is 3.33. The number of ether oxygens (including phenoxy) is 2. The van der Waals surface area contributed by atoms with Crippen LogP contribution in [0.4, 0.5) is 5.69 Å². The lowest BCUT2D eigenvalue weighted by Crippen LogP contribution is -2.20. The van der Waals surface area contributed by atoms with Gasteiger partial charge in [0.05, 0.1) is 12.5 Å². The van der Waals surface area contributed by atoms with Crippen molar-refractivity contribution >= 4 is 33.1 Å². The van der Waals surface area contributed by atoms with E-state index in [2.05, 4.69) is 15.3 Å². The summed E-state index contributed by atoms with van der Waals surface area (Å²) < 4.78 is 10.7. The zero-order chi connectivity index (χ0) is 17.1. The number of aromatic nitrogens is 2. The maximum absolute atomic E-state index is 12.1. The Morgan fingerprint density at radius 2 is 2.12 bits per heavy atom. The molecule has 0 spiro atoms. The number of nitrogens with one attached hydrogen (secondary N) is 1. The van der Waals surface area contributed by atoms with Gasteiger partial charge in [-0.15, -0.1) is 11.3 Å². The molecule has 0 aliphatic heterocycles. The number of hydrogen-bond donors (Lipinski definition) is 1. The lowest BCUT2D eigenvalue weighted by Gasteiger charge is -2.09. The molecule has 3 rings (SSSR count). The average Bonchev–Trinajstić information content (AvgIpc) is 2.88. The molecule has 0 saturated heterocycles. The second kappa shape index (κ2) is 6.84. The zero-order valence-corrected chi connectivity index (χ0v) is 14.4. The van der Waals surface area contributed by atoms with E-state index in [0.29, 0.717) is 17.3 Å². The number of amides is 1. The van der Waals surface area contributed by atoms with Crippen LogP contribution in [0.3, 0.4) is 0 Å². The van der Waals surface area contributed by atoms with Gasteiger partial charge in [0.25, 0.3) is 5.91 Å². The molecule has 0 atom stereocenters. The van der Waals surface area contributed by atoms with Crippen LogP contribution in [0.5, 0.6) is 11.6 Å². The fourth-order valence-electron chi connectivity index (χ4n) is 2.29. The van der Waals surface area contributed by atoms with E-state index in [4.69, 9.17) is 9.47 Å². The Balaban J connectivity index is 1.70. The topological polar surface area (TPSA) is 73.3 Å². The van der Waals surface area contributed by atoms with Gasteiger partial charge in [-0.25, -0.2) is 9.97 Å². The third kappa shape index (κ3) is 3.30. The summed E-state index contributed by atoms with van der Waals surface area (Å²) in [6.45, 7) is 3.90. The largest absolute Gasteiger partial charge is 0.497 e. The number of nitrogens with zero attached hydrogens (tertiary/aromatic N) is 2. The van der Waals surface area contributed by atoms with Gasteiger partial charge >= 0.3 is 0 Å². The summed E-state index contributed by atoms with van der Waals surface area (Å²) in [6, 6.07) is 7.15. The van der Waals surface area contributed by atoms with Gasteiger partial charge in [0.2, 0.25) is 5.88 Å². The second-order valence-corrected chi connectivity index (χ2v) is 6.41. The number of carbonyl (C=O) groups is 1. The fourth-order valence-corrected chi connectivity index (χ4v) is 3.28. The molecule has 1 aromatic carbocycles. The smallest absolute Gasteiger partial charge is 0.262 e. The summed E-state index contributed by atoms with van der Waals surface area (Å²) in [4.78, 5) is 22.5. The molecule has 0 unspecified atom stereocenters. The van der Waals surface area contributed by atoms with Crippen LogP contribution in [-0.2, 0) is 4.79 Å². The van der Waals surface area contributed by atoms with Gasteiger partial charge < -0.3 is 14.8 Å². The molecule has 2 heterocycles. The number of anilines is 1. The molecule has 124 valence electrons. The van der Waals surface area contributed by atoms with Crippen molar-refractivity contribution in [3.05, 3.63) is 41.0 Å². The van der Waals surface area contributed by atoms with Gasteiger partial charge in [-0.05, 0) is 31.5 Å². The summed E-state index contributed by atoms with van der Waals surface area (Å²) in [7, 11) is 1.58. The summed E-state index contributed by atoms with van der Waals surface area (Å²) in [5.41, 5.74) is 1.73. The van der Waals surface area contributed by atoms with Crippen LogP contribution in [0, 0.1) is 13.8 Å². The predicted molar refractivity (Wildman–Crippen MR) is 94.0 cm³/mol. The highest BCUT2D eigenvalue weighted by Crippen LogP contribution is 2.33. The molecule has 0 aliphatic carbocycles. The molecule has 0 aliphatic rings. The molecule has 1 amide bonds. The monoisotopic (exact) mass is 343 g/mol. The second-order valence-electron chi connectivity index (χ2n) is 5.21. The van der Waals surface area contributed by atoms with Crippen LogP contribution < -0.4 is 14.8 Å². The number of methoxy groups -OCH3 is 1. The first kappa shape index (κ1) is 16.2. The molecule has 0 saturated carbocycles.